The molecule has 1 aliphatic rings. The lowest BCUT2D eigenvalue weighted by molar-refractivity contribution is 0.352. The molecule has 1 aromatic rings. The minimum Gasteiger partial charge on any atom is -0.273 e. The lowest BCUT2D eigenvalue weighted by Crippen LogP contribution is -2.38. The van der Waals surface area contributed by atoms with Gasteiger partial charge in [-0.3, -0.25) is 16.0 Å². The van der Waals surface area contributed by atoms with Gasteiger partial charge in [-0.25, -0.2) is 0 Å². The number of nitrogens with one attached hydrogen (secondary N) is 1. The van der Waals surface area contributed by atoms with E-state index < -0.39 is 0 Å². The van der Waals surface area contributed by atoms with E-state index in [1.807, 2.05) is 10.9 Å². The summed E-state index contributed by atoms with van der Waals surface area (Å²) in [7, 11) is 0. The highest BCUT2D eigenvalue weighted by Crippen LogP contribution is 2.27. The third kappa shape index (κ3) is 4.62. The van der Waals surface area contributed by atoms with E-state index in [0.717, 1.165) is 18.9 Å². The quantitative estimate of drug-likeness (QED) is 0.472. The van der Waals surface area contributed by atoms with Crippen molar-refractivity contribution in [3.63, 3.8) is 0 Å². The molecule has 1 saturated carbocycles. The predicted octanol–water partition coefficient (Wildman–Crippen LogP) is 2.64. The van der Waals surface area contributed by atoms with Crippen molar-refractivity contribution in [3.05, 3.63) is 18.0 Å². The molecule has 1 aliphatic carbocycles. The Morgan fingerprint density at radius 1 is 1.37 bits per heavy atom. The van der Waals surface area contributed by atoms with Crippen LogP contribution in [0.3, 0.4) is 0 Å². The van der Waals surface area contributed by atoms with E-state index >= 15 is 0 Å². The molecular formula is C15H28N4. The Morgan fingerprint density at radius 3 is 2.68 bits per heavy atom. The van der Waals surface area contributed by atoms with Crippen LogP contribution in [0.5, 0.6) is 0 Å². The second kappa shape index (κ2) is 7.65. The first kappa shape index (κ1) is 14.5. The van der Waals surface area contributed by atoms with Crippen LogP contribution >= 0.6 is 0 Å². The highest BCUT2D eigenvalue weighted by atomic mass is 15.3. The number of nitrogens with two attached hydrogens (primary N) is 1. The number of aromatic nitrogens is 2. The average Bonchev–Trinajstić information content (AvgIpc) is 2.73. The Balaban J connectivity index is 1.84. The van der Waals surface area contributed by atoms with Crippen molar-refractivity contribution in [2.24, 2.45) is 11.8 Å². The fourth-order valence-electron chi connectivity index (χ4n) is 3.18. The van der Waals surface area contributed by atoms with Crippen LogP contribution in [0.15, 0.2) is 12.4 Å². The number of nitrogens with zero attached hydrogens (tertiary/aromatic N) is 2. The van der Waals surface area contributed by atoms with E-state index in [1.165, 1.54) is 50.5 Å². The zero-order valence-corrected chi connectivity index (χ0v) is 12.1. The van der Waals surface area contributed by atoms with E-state index in [0.29, 0.717) is 6.04 Å². The third-order valence-electron chi connectivity index (χ3n) is 4.32. The lowest BCUT2D eigenvalue weighted by atomic mass is 9.90. The van der Waals surface area contributed by atoms with E-state index in [4.69, 9.17) is 5.84 Å². The van der Waals surface area contributed by atoms with E-state index in [2.05, 4.69) is 23.6 Å². The van der Waals surface area contributed by atoms with Crippen LogP contribution in [0.1, 0.15) is 57.4 Å². The molecule has 0 bridgehead atoms. The molecule has 1 heterocycles. The van der Waals surface area contributed by atoms with E-state index in [1.54, 1.807) is 0 Å². The minimum atomic E-state index is 0.387. The second-order valence-electron chi connectivity index (χ2n) is 5.87. The fraction of sp³-hybridized carbons (Fsp3) is 0.800. The van der Waals surface area contributed by atoms with Crippen molar-refractivity contribution < 1.29 is 0 Å². The van der Waals surface area contributed by atoms with Gasteiger partial charge in [-0.05, 0) is 31.2 Å². The van der Waals surface area contributed by atoms with Gasteiger partial charge in [0.15, 0.2) is 0 Å². The summed E-state index contributed by atoms with van der Waals surface area (Å²) in [6.45, 7) is 3.05. The molecule has 1 atom stereocenters. The van der Waals surface area contributed by atoms with Crippen LogP contribution in [0.2, 0.25) is 0 Å². The summed E-state index contributed by atoms with van der Waals surface area (Å²) in [6, 6.07) is 0.387. The topological polar surface area (TPSA) is 55.9 Å². The Morgan fingerprint density at radius 2 is 2.11 bits per heavy atom. The zero-order chi connectivity index (χ0) is 13.5. The van der Waals surface area contributed by atoms with Gasteiger partial charge >= 0.3 is 0 Å². The summed E-state index contributed by atoms with van der Waals surface area (Å²) in [4.78, 5) is 0. The monoisotopic (exact) mass is 264 g/mol. The Bertz CT molecular complexity index is 353. The van der Waals surface area contributed by atoms with Gasteiger partial charge in [0.1, 0.15) is 0 Å². The fourth-order valence-corrected chi connectivity index (χ4v) is 3.18. The lowest BCUT2D eigenvalue weighted by Gasteiger charge is -2.21. The van der Waals surface area contributed by atoms with Gasteiger partial charge in [0, 0.05) is 18.8 Å². The summed E-state index contributed by atoms with van der Waals surface area (Å²) < 4.78 is 1.98. The van der Waals surface area contributed by atoms with Gasteiger partial charge < -0.3 is 0 Å². The van der Waals surface area contributed by atoms with Crippen molar-refractivity contribution in [3.8, 4) is 0 Å². The van der Waals surface area contributed by atoms with Gasteiger partial charge in [-0.15, -0.1) is 0 Å². The minimum absolute atomic E-state index is 0.387. The van der Waals surface area contributed by atoms with Crippen LogP contribution in [0, 0.1) is 5.92 Å². The van der Waals surface area contributed by atoms with Crippen molar-refractivity contribution >= 4 is 0 Å². The average molecular weight is 264 g/mol. The molecule has 2 rings (SSSR count). The predicted molar refractivity (Wildman–Crippen MR) is 78.5 cm³/mol. The van der Waals surface area contributed by atoms with Gasteiger partial charge in [0.25, 0.3) is 0 Å². The van der Waals surface area contributed by atoms with E-state index in [-0.39, 0.29) is 0 Å². The molecule has 4 nitrogen and oxygen atoms in total. The molecule has 1 unspecified atom stereocenters. The maximum atomic E-state index is 5.74. The number of hydrogen-bond donors (Lipinski definition) is 2. The van der Waals surface area contributed by atoms with Crippen molar-refractivity contribution in [2.45, 2.75) is 70.9 Å². The third-order valence-corrected chi connectivity index (χ3v) is 4.32. The Labute approximate surface area is 116 Å². The normalized spacial score (nSPS) is 19.3. The summed E-state index contributed by atoms with van der Waals surface area (Å²) >= 11 is 0. The van der Waals surface area contributed by atoms with Crippen molar-refractivity contribution in [1.29, 1.82) is 0 Å². The van der Waals surface area contributed by atoms with Crippen LogP contribution in [-0.4, -0.2) is 15.8 Å². The molecule has 3 N–H and O–H groups in total. The first-order valence-corrected chi connectivity index (χ1v) is 7.79. The van der Waals surface area contributed by atoms with Crippen LogP contribution in [0.25, 0.3) is 0 Å². The first-order chi connectivity index (χ1) is 9.31. The molecule has 1 aromatic heterocycles. The standard InChI is InChI=1S/C15H28N4/c1-2-19-12-14(11-17-19)10-15(18-16)9-13-7-5-3-4-6-8-13/h11-13,15,18H,2-10,16H2,1H3. The Kier molecular flexibility index (Phi) is 5.86. The highest BCUT2D eigenvalue weighted by Gasteiger charge is 2.18. The molecule has 0 aliphatic heterocycles. The molecule has 1 fully saturated rings. The van der Waals surface area contributed by atoms with Gasteiger partial charge in [-0.1, -0.05) is 38.5 Å². The van der Waals surface area contributed by atoms with Gasteiger partial charge in [0.05, 0.1) is 6.20 Å². The first-order valence-electron chi connectivity index (χ1n) is 7.79. The number of rotatable bonds is 6. The van der Waals surface area contributed by atoms with Gasteiger partial charge in [0.2, 0.25) is 0 Å². The molecule has 0 amide bonds. The zero-order valence-electron chi connectivity index (χ0n) is 12.1. The highest BCUT2D eigenvalue weighted by molar-refractivity contribution is 5.06. The molecule has 0 radical (unpaired) electrons. The number of aryl methyl sites for hydroxylation is 1. The van der Waals surface area contributed by atoms with E-state index in [9.17, 15) is 0 Å². The van der Waals surface area contributed by atoms with Crippen LogP contribution in [-0.2, 0) is 13.0 Å². The summed E-state index contributed by atoms with van der Waals surface area (Å²) in [6.07, 6.45) is 14.7. The number of hydrazine groups is 1. The largest absolute Gasteiger partial charge is 0.273 e. The molecular weight excluding hydrogens is 236 g/mol. The SMILES string of the molecule is CCn1cc(CC(CC2CCCCCC2)NN)cn1. The molecule has 0 saturated heterocycles. The Hall–Kier alpha value is -0.870. The summed E-state index contributed by atoms with van der Waals surface area (Å²) in [5.41, 5.74) is 4.30. The molecule has 0 aromatic carbocycles. The maximum absolute atomic E-state index is 5.74. The number of hydrogen-bond acceptors (Lipinski definition) is 3. The summed E-state index contributed by atoms with van der Waals surface area (Å²) in [5.74, 6) is 6.59. The van der Waals surface area contributed by atoms with Gasteiger partial charge in [-0.2, -0.15) is 5.10 Å². The molecule has 4 heteroatoms. The maximum Gasteiger partial charge on any atom is 0.0522 e. The molecule has 0 spiro atoms. The molecule has 108 valence electrons. The van der Waals surface area contributed by atoms with Crippen molar-refractivity contribution in [1.82, 2.24) is 15.2 Å². The van der Waals surface area contributed by atoms with Crippen LogP contribution in [0.4, 0.5) is 0 Å². The second-order valence-corrected chi connectivity index (χ2v) is 5.87. The summed E-state index contributed by atoms with van der Waals surface area (Å²) in [5, 5.41) is 4.33. The van der Waals surface area contributed by atoms with Crippen molar-refractivity contribution in [2.75, 3.05) is 0 Å². The van der Waals surface area contributed by atoms with Crippen LogP contribution < -0.4 is 11.3 Å². The molecule has 19 heavy (non-hydrogen) atoms. The smallest absolute Gasteiger partial charge is 0.0522 e.